The first-order chi connectivity index (χ1) is 22.0. The van der Waals surface area contributed by atoms with Crippen LogP contribution >= 0.6 is 11.6 Å². The van der Waals surface area contributed by atoms with Crippen molar-refractivity contribution in [2.45, 2.75) is 12.5 Å². The maximum Gasteiger partial charge on any atom is 0.291 e. The van der Waals surface area contributed by atoms with Crippen LogP contribution in [-0.2, 0) is 16.6 Å². The van der Waals surface area contributed by atoms with Crippen molar-refractivity contribution in [3.8, 4) is 23.1 Å². The summed E-state index contributed by atoms with van der Waals surface area (Å²) >= 11 is 6.29. The van der Waals surface area contributed by atoms with Crippen LogP contribution < -0.4 is 26.0 Å². The van der Waals surface area contributed by atoms with Crippen LogP contribution in [0.1, 0.15) is 27.4 Å². The minimum absolute atomic E-state index is 0.0499. The van der Waals surface area contributed by atoms with Crippen molar-refractivity contribution in [1.82, 2.24) is 25.5 Å². The molecule has 1 aliphatic rings. The molecule has 46 heavy (non-hydrogen) atoms. The first kappa shape index (κ1) is 35.4. The van der Waals surface area contributed by atoms with Crippen LogP contribution in [0.4, 0.5) is 14.5 Å². The van der Waals surface area contributed by atoms with Crippen LogP contribution in [0.2, 0.25) is 5.02 Å². The van der Waals surface area contributed by atoms with Gasteiger partial charge in [-0.25, -0.2) is 9.37 Å². The largest absolute Gasteiger partial charge is 0.483 e. The molecule has 2 aromatic carbocycles. The number of piperidine rings is 1. The molecule has 2 atom stereocenters. The molecule has 0 saturated carbocycles. The molecule has 244 valence electrons. The average molecular weight is 662 g/mol. The molecule has 0 aliphatic carbocycles. The number of aliphatic hydroxyl groups is 1. The summed E-state index contributed by atoms with van der Waals surface area (Å²) in [6, 6.07) is 8.33. The van der Waals surface area contributed by atoms with Crippen LogP contribution in [0, 0.1) is 28.9 Å². The number of hydrogen-bond acceptors (Lipinski definition) is 9. The lowest BCUT2D eigenvalue weighted by Crippen LogP contribution is -2.48. The maximum atomic E-state index is 14.7. The summed E-state index contributed by atoms with van der Waals surface area (Å²) in [5.74, 6) is -4.99. The van der Waals surface area contributed by atoms with Crippen molar-refractivity contribution < 1.29 is 42.9 Å². The molecule has 17 heteroatoms. The van der Waals surface area contributed by atoms with E-state index in [0.29, 0.717) is 19.5 Å². The number of nitriles is 1. The first-order valence-corrected chi connectivity index (χ1v) is 14.0. The monoisotopic (exact) mass is 661 g/mol. The molecule has 3 amide bonds. The summed E-state index contributed by atoms with van der Waals surface area (Å²) in [6.45, 7) is 0.577. The van der Waals surface area contributed by atoms with Crippen LogP contribution in [-0.4, -0.2) is 82.8 Å². The summed E-state index contributed by atoms with van der Waals surface area (Å²) in [5, 5.41) is 36.4. The van der Waals surface area contributed by atoms with Gasteiger partial charge in [0.25, 0.3) is 18.3 Å². The fourth-order valence-corrected chi connectivity index (χ4v) is 4.79. The van der Waals surface area contributed by atoms with E-state index in [0.717, 1.165) is 0 Å². The topological polar surface area (TPSA) is 208 Å². The Morgan fingerprint density at radius 2 is 1.91 bits per heavy atom. The highest BCUT2D eigenvalue weighted by Crippen LogP contribution is 2.30. The molecule has 14 nitrogen and oxygen atoms in total. The third kappa shape index (κ3) is 8.75. The standard InChI is InChI=1S/C28H28ClF2N7O5.CH2O2/c1-38-20(17-4-5-22(43-11-7-32)24(31)23(17)30)13-36-25(38)28(42)37-15-2-3-16(19(29)12-15)26(40)34-9-10-35-27(41)18-6-8-33-14-21(18)39;2-1-3/h2-5,12-13,18,21,33,39H,6,8-11,14H2,1H3,(H,34,40)(H,35,41)(H,37,42);1H,(H,2,3)/t18-,21+;/m0./s1. The molecule has 6 N–H and O–H groups in total. The Morgan fingerprint density at radius 3 is 2.59 bits per heavy atom. The van der Waals surface area contributed by atoms with Gasteiger partial charge in [-0.3, -0.25) is 19.2 Å². The van der Waals surface area contributed by atoms with E-state index in [1.54, 1.807) is 6.07 Å². The zero-order valence-corrected chi connectivity index (χ0v) is 25.1. The number of nitrogens with one attached hydrogen (secondary N) is 4. The predicted octanol–water partition coefficient (Wildman–Crippen LogP) is 1.69. The van der Waals surface area contributed by atoms with Crippen molar-refractivity contribution in [2.24, 2.45) is 13.0 Å². The van der Waals surface area contributed by atoms with Crippen LogP contribution in [0.15, 0.2) is 36.5 Å². The van der Waals surface area contributed by atoms with Gasteiger partial charge >= 0.3 is 0 Å². The summed E-state index contributed by atoms with van der Waals surface area (Å²) in [6.07, 6.45) is 0.967. The molecular formula is C29H30ClF2N7O7. The zero-order valence-electron chi connectivity index (χ0n) is 24.3. The number of anilines is 1. The van der Waals surface area contributed by atoms with E-state index in [1.807, 2.05) is 0 Å². The number of imidazole rings is 1. The van der Waals surface area contributed by atoms with Gasteiger partial charge in [-0.2, -0.15) is 9.65 Å². The lowest BCUT2D eigenvalue weighted by Gasteiger charge is -2.27. The molecule has 1 aliphatic heterocycles. The van der Waals surface area contributed by atoms with Crippen LogP contribution in [0.5, 0.6) is 5.75 Å². The van der Waals surface area contributed by atoms with E-state index < -0.39 is 47.8 Å². The van der Waals surface area contributed by atoms with Gasteiger partial charge in [-0.15, -0.1) is 0 Å². The Morgan fingerprint density at radius 1 is 1.20 bits per heavy atom. The molecular weight excluding hydrogens is 632 g/mol. The van der Waals surface area contributed by atoms with Gasteiger partial charge in [0.05, 0.1) is 34.5 Å². The Balaban J connectivity index is 0.00000185. The number of aromatic nitrogens is 2. The zero-order chi connectivity index (χ0) is 33.8. The van der Waals surface area contributed by atoms with Gasteiger partial charge in [0, 0.05) is 37.9 Å². The number of amides is 3. The van der Waals surface area contributed by atoms with Crippen molar-refractivity contribution >= 4 is 41.5 Å². The highest BCUT2D eigenvalue weighted by atomic mass is 35.5. The lowest BCUT2D eigenvalue weighted by atomic mass is 9.94. The summed E-state index contributed by atoms with van der Waals surface area (Å²) < 4.78 is 35.3. The number of benzene rings is 2. The second-order valence-corrected chi connectivity index (χ2v) is 10.1. The predicted molar refractivity (Wildman–Crippen MR) is 160 cm³/mol. The summed E-state index contributed by atoms with van der Waals surface area (Å²) in [4.78, 5) is 50.1. The molecule has 0 spiro atoms. The fraction of sp³-hybridized carbons (Fsp3) is 0.310. The van der Waals surface area contributed by atoms with Gasteiger partial charge in [0.1, 0.15) is 6.07 Å². The normalized spacial score (nSPS) is 15.4. The number of carbonyl (C=O) groups is 4. The van der Waals surface area contributed by atoms with E-state index in [4.69, 9.17) is 31.5 Å². The number of rotatable bonds is 10. The second kappa shape index (κ2) is 16.8. The summed E-state index contributed by atoms with van der Waals surface area (Å²) in [7, 11) is 1.45. The summed E-state index contributed by atoms with van der Waals surface area (Å²) in [5.41, 5.74) is 0.332. The van der Waals surface area contributed by atoms with Crippen molar-refractivity contribution in [1.29, 1.82) is 5.26 Å². The molecule has 1 fully saturated rings. The second-order valence-electron chi connectivity index (χ2n) is 9.68. The van der Waals surface area contributed by atoms with E-state index >= 15 is 0 Å². The fourth-order valence-electron chi connectivity index (χ4n) is 4.52. The maximum absolute atomic E-state index is 14.7. The Kier molecular flexibility index (Phi) is 12.9. The van der Waals surface area contributed by atoms with Gasteiger partial charge in [-0.05, 0) is 43.3 Å². The number of ether oxygens (including phenoxy) is 1. The number of β-amino-alcohol motifs (C(OH)–C–C–N with tert-alkyl or cyclic N) is 1. The number of aliphatic hydroxyl groups excluding tert-OH is 1. The van der Waals surface area contributed by atoms with E-state index in [2.05, 4.69) is 26.3 Å². The third-order valence-electron chi connectivity index (χ3n) is 6.77. The van der Waals surface area contributed by atoms with E-state index in [9.17, 15) is 28.3 Å². The SMILES string of the molecule is Cn1c(-c2ccc(OCC#N)c(F)c2F)cnc1C(=O)Nc1ccc(C(=O)NCCNC(=O)[C@H]2CCNC[C@H]2O)c(Cl)c1.O=CO. The number of carboxylic acid groups (broad SMARTS) is 1. The van der Waals surface area contributed by atoms with Gasteiger partial charge in [-0.1, -0.05) is 11.6 Å². The van der Waals surface area contributed by atoms with Crippen molar-refractivity contribution in [2.75, 3.05) is 38.1 Å². The molecule has 3 aromatic rings. The molecule has 4 rings (SSSR count). The minimum atomic E-state index is -1.28. The molecule has 1 saturated heterocycles. The Bertz CT molecular complexity index is 1630. The number of halogens is 3. The van der Waals surface area contributed by atoms with E-state index in [-0.39, 0.29) is 58.8 Å². The first-order valence-electron chi connectivity index (χ1n) is 13.7. The molecule has 1 aromatic heterocycles. The smallest absolute Gasteiger partial charge is 0.291 e. The molecule has 0 radical (unpaired) electrons. The number of hydrogen-bond donors (Lipinski definition) is 6. The van der Waals surface area contributed by atoms with Gasteiger partial charge in [0.15, 0.2) is 24.0 Å². The average Bonchev–Trinajstić information content (AvgIpc) is 3.41. The van der Waals surface area contributed by atoms with Crippen molar-refractivity contribution in [3.63, 3.8) is 0 Å². The highest BCUT2D eigenvalue weighted by molar-refractivity contribution is 6.34. The molecule has 0 unspecified atom stereocenters. The third-order valence-corrected chi connectivity index (χ3v) is 7.09. The quantitative estimate of drug-likeness (QED) is 0.137. The number of nitrogens with zero attached hydrogens (tertiary/aromatic N) is 3. The Labute approximate surface area is 266 Å². The van der Waals surface area contributed by atoms with Crippen LogP contribution in [0.3, 0.4) is 0 Å². The van der Waals surface area contributed by atoms with Gasteiger partial charge in [0.2, 0.25) is 11.7 Å². The lowest BCUT2D eigenvalue weighted by molar-refractivity contribution is -0.129. The molecule has 0 bridgehead atoms. The van der Waals surface area contributed by atoms with Gasteiger partial charge < -0.3 is 40.8 Å². The Hall–Kier alpha value is -5.11. The molecule has 2 heterocycles. The highest BCUT2D eigenvalue weighted by Gasteiger charge is 2.29. The number of carbonyl (C=O) groups excluding carboxylic acids is 3. The van der Waals surface area contributed by atoms with Crippen LogP contribution in [0.25, 0.3) is 11.3 Å². The van der Waals surface area contributed by atoms with Crippen molar-refractivity contribution in [3.05, 3.63) is 64.6 Å². The van der Waals surface area contributed by atoms with E-state index in [1.165, 1.54) is 48.1 Å². The minimum Gasteiger partial charge on any atom is -0.483 e.